The van der Waals surface area contributed by atoms with Gasteiger partial charge in [-0.1, -0.05) is 13.8 Å². The molecule has 1 atom stereocenters. The van der Waals surface area contributed by atoms with E-state index in [-0.39, 0.29) is 17.6 Å². The summed E-state index contributed by atoms with van der Waals surface area (Å²) < 4.78 is 7.96. The second-order valence-corrected chi connectivity index (χ2v) is 7.02. The number of carbonyl (C=O) groups excluding carboxylic acids is 1. The van der Waals surface area contributed by atoms with Crippen LogP contribution in [-0.2, 0) is 16.1 Å². The van der Waals surface area contributed by atoms with E-state index in [9.17, 15) is 10.1 Å². The molecule has 0 saturated carbocycles. The largest absolute Gasteiger partial charge is 0.376 e. The van der Waals surface area contributed by atoms with E-state index in [1.165, 1.54) is 0 Å². The van der Waals surface area contributed by atoms with E-state index in [0.717, 1.165) is 62.6 Å². The van der Waals surface area contributed by atoms with Crippen molar-refractivity contribution in [2.45, 2.75) is 53.2 Å². The Morgan fingerprint density at radius 2 is 2.19 bits per heavy atom. The van der Waals surface area contributed by atoms with Crippen LogP contribution in [0, 0.1) is 25.2 Å². The Labute approximate surface area is 162 Å². The molecule has 1 aromatic heterocycles. The quantitative estimate of drug-likeness (QED) is 0.534. The van der Waals surface area contributed by atoms with Gasteiger partial charge in [0.1, 0.15) is 11.6 Å². The topological polar surface area (TPSA) is 70.3 Å². The summed E-state index contributed by atoms with van der Waals surface area (Å²) in [7, 11) is 0. The zero-order chi connectivity index (χ0) is 19.8. The minimum atomic E-state index is -0.311. The second-order valence-electron chi connectivity index (χ2n) is 7.02. The van der Waals surface area contributed by atoms with Crippen LogP contribution >= 0.6 is 0 Å². The molecule has 1 saturated heterocycles. The maximum atomic E-state index is 12.4. The highest BCUT2D eigenvalue weighted by Gasteiger charge is 2.19. The highest BCUT2D eigenvalue weighted by Crippen LogP contribution is 2.22. The van der Waals surface area contributed by atoms with Gasteiger partial charge in [-0.25, -0.2) is 0 Å². The smallest absolute Gasteiger partial charge is 0.261 e. The molecule has 1 unspecified atom stereocenters. The number of aromatic nitrogens is 1. The number of nitrogens with one attached hydrogen (secondary N) is 1. The van der Waals surface area contributed by atoms with Crippen LogP contribution in [0.15, 0.2) is 11.6 Å². The van der Waals surface area contributed by atoms with Crippen LogP contribution in [0.5, 0.6) is 0 Å². The van der Waals surface area contributed by atoms with Crippen molar-refractivity contribution >= 4 is 12.0 Å². The first-order chi connectivity index (χ1) is 13.0. The average molecular weight is 373 g/mol. The van der Waals surface area contributed by atoms with Gasteiger partial charge in [0.2, 0.25) is 0 Å². The highest BCUT2D eigenvalue weighted by atomic mass is 16.5. The number of rotatable bonds is 9. The number of ether oxygens (including phenoxy) is 1. The van der Waals surface area contributed by atoms with Gasteiger partial charge in [0.05, 0.1) is 6.10 Å². The monoisotopic (exact) mass is 372 g/mol. The molecule has 1 aromatic rings. The highest BCUT2D eigenvalue weighted by molar-refractivity contribution is 6.01. The van der Waals surface area contributed by atoms with Crippen molar-refractivity contribution in [3.8, 4) is 6.07 Å². The van der Waals surface area contributed by atoms with Crippen molar-refractivity contribution in [3.05, 3.63) is 28.6 Å². The molecule has 0 aromatic carbocycles. The van der Waals surface area contributed by atoms with Gasteiger partial charge in [-0.3, -0.25) is 4.79 Å². The molecule has 1 aliphatic rings. The van der Waals surface area contributed by atoms with E-state index in [1.54, 1.807) is 6.08 Å². The number of hydrogen-bond donors (Lipinski definition) is 1. The van der Waals surface area contributed by atoms with Crippen LogP contribution in [0.2, 0.25) is 0 Å². The van der Waals surface area contributed by atoms with Gasteiger partial charge in [0.15, 0.2) is 0 Å². The van der Waals surface area contributed by atoms with Gasteiger partial charge in [-0.15, -0.1) is 0 Å². The van der Waals surface area contributed by atoms with Crippen LogP contribution in [0.4, 0.5) is 0 Å². The summed E-state index contributed by atoms with van der Waals surface area (Å²) in [4.78, 5) is 14.6. The molecule has 2 heterocycles. The van der Waals surface area contributed by atoms with Gasteiger partial charge >= 0.3 is 0 Å². The lowest BCUT2D eigenvalue weighted by Crippen LogP contribution is -2.35. The lowest BCUT2D eigenvalue weighted by molar-refractivity contribution is -0.117. The van der Waals surface area contributed by atoms with Crippen LogP contribution < -0.4 is 5.32 Å². The third-order valence-corrected chi connectivity index (χ3v) is 5.30. The standard InChI is InChI=1S/C21H32N4O2/c1-5-24(6-2)10-9-23-21(26)19(14-22)13-18-12-16(3)25(17(18)4)15-20-8-7-11-27-20/h12-13,20H,5-11,15H2,1-4H3,(H,23,26)/b19-13+. The van der Waals surface area contributed by atoms with E-state index in [2.05, 4.69) is 35.6 Å². The van der Waals surface area contributed by atoms with Crippen molar-refractivity contribution in [1.82, 2.24) is 14.8 Å². The fraction of sp³-hybridized carbons (Fsp3) is 0.619. The van der Waals surface area contributed by atoms with Gasteiger partial charge in [-0.2, -0.15) is 5.26 Å². The van der Waals surface area contributed by atoms with Crippen molar-refractivity contribution in [2.24, 2.45) is 0 Å². The number of hydrogen-bond acceptors (Lipinski definition) is 4. The summed E-state index contributed by atoms with van der Waals surface area (Å²) in [5.74, 6) is -0.311. The Kier molecular flexibility index (Phi) is 8.08. The summed E-state index contributed by atoms with van der Waals surface area (Å²) in [5, 5.41) is 12.3. The van der Waals surface area contributed by atoms with Crippen molar-refractivity contribution in [1.29, 1.82) is 5.26 Å². The summed E-state index contributed by atoms with van der Waals surface area (Å²) in [6, 6.07) is 4.08. The Hall–Kier alpha value is -2.10. The molecule has 1 aliphatic heterocycles. The number of likely N-dealkylation sites (N-methyl/N-ethyl adjacent to an activating group) is 1. The van der Waals surface area contributed by atoms with Gasteiger partial charge in [0.25, 0.3) is 5.91 Å². The number of carbonyl (C=O) groups is 1. The molecular formula is C21H32N4O2. The van der Waals surface area contributed by atoms with Crippen LogP contribution in [0.25, 0.3) is 6.08 Å². The molecule has 0 spiro atoms. The predicted octanol–water partition coefficient (Wildman–Crippen LogP) is 2.65. The fourth-order valence-electron chi connectivity index (χ4n) is 3.51. The van der Waals surface area contributed by atoms with E-state index in [0.29, 0.717) is 6.54 Å². The van der Waals surface area contributed by atoms with Crippen LogP contribution in [-0.4, -0.2) is 54.3 Å². The summed E-state index contributed by atoms with van der Waals surface area (Å²) in [6.07, 6.45) is 4.15. The van der Waals surface area contributed by atoms with Gasteiger partial charge in [0, 0.05) is 37.6 Å². The zero-order valence-corrected chi connectivity index (χ0v) is 17.0. The molecule has 0 radical (unpaired) electrons. The number of amides is 1. The molecule has 27 heavy (non-hydrogen) atoms. The van der Waals surface area contributed by atoms with Gasteiger partial charge in [-0.05, 0) is 57.5 Å². The molecule has 2 rings (SSSR count). The molecule has 6 nitrogen and oxygen atoms in total. The molecule has 1 amide bonds. The summed E-state index contributed by atoms with van der Waals surface area (Å²) >= 11 is 0. The summed E-state index contributed by atoms with van der Waals surface area (Å²) in [6.45, 7) is 13.2. The maximum Gasteiger partial charge on any atom is 0.261 e. The maximum absolute atomic E-state index is 12.4. The predicted molar refractivity (Wildman–Crippen MR) is 107 cm³/mol. The fourth-order valence-corrected chi connectivity index (χ4v) is 3.51. The first-order valence-electron chi connectivity index (χ1n) is 9.90. The summed E-state index contributed by atoms with van der Waals surface area (Å²) in [5.41, 5.74) is 3.24. The molecule has 0 bridgehead atoms. The Bertz CT molecular complexity index is 704. The number of aryl methyl sites for hydroxylation is 1. The third kappa shape index (κ3) is 5.69. The first kappa shape index (κ1) is 21.2. The van der Waals surface area contributed by atoms with E-state index in [4.69, 9.17) is 4.74 Å². The average Bonchev–Trinajstić information content (AvgIpc) is 3.27. The number of nitriles is 1. The Balaban J connectivity index is 2.05. The normalized spacial score (nSPS) is 17.3. The van der Waals surface area contributed by atoms with Crippen LogP contribution in [0.1, 0.15) is 43.6 Å². The SMILES string of the molecule is CCN(CC)CCNC(=O)/C(C#N)=C/c1cc(C)n(CC2CCCO2)c1C. The third-order valence-electron chi connectivity index (χ3n) is 5.30. The minimum absolute atomic E-state index is 0.145. The first-order valence-corrected chi connectivity index (χ1v) is 9.90. The van der Waals surface area contributed by atoms with E-state index >= 15 is 0 Å². The second kappa shape index (κ2) is 10.3. The molecule has 1 N–H and O–H groups in total. The van der Waals surface area contributed by atoms with Crippen LogP contribution in [0.3, 0.4) is 0 Å². The lowest BCUT2D eigenvalue weighted by atomic mass is 10.1. The Morgan fingerprint density at radius 1 is 1.44 bits per heavy atom. The molecule has 1 fully saturated rings. The number of nitrogens with zero attached hydrogens (tertiary/aromatic N) is 3. The molecular weight excluding hydrogens is 340 g/mol. The molecule has 6 heteroatoms. The molecule has 0 aliphatic carbocycles. The van der Waals surface area contributed by atoms with Crippen molar-refractivity contribution in [2.75, 3.05) is 32.8 Å². The Morgan fingerprint density at radius 3 is 2.78 bits per heavy atom. The van der Waals surface area contributed by atoms with E-state index in [1.807, 2.05) is 19.1 Å². The van der Waals surface area contributed by atoms with Crippen molar-refractivity contribution in [3.63, 3.8) is 0 Å². The van der Waals surface area contributed by atoms with E-state index < -0.39 is 0 Å². The minimum Gasteiger partial charge on any atom is -0.376 e. The van der Waals surface area contributed by atoms with Gasteiger partial charge < -0.3 is 19.5 Å². The zero-order valence-electron chi connectivity index (χ0n) is 17.0. The lowest BCUT2D eigenvalue weighted by Gasteiger charge is -2.17. The van der Waals surface area contributed by atoms with Crippen molar-refractivity contribution < 1.29 is 9.53 Å². The molecule has 148 valence electrons.